The number of aryl methyl sites for hydroxylation is 1. The van der Waals surface area contributed by atoms with Crippen LogP contribution < -0.4 is 14.5 Å². The van der Waals surface area contributed by atoms with E-state index in [1.54, 1.807) is 0 Å². The summed E-state index contributed by atoms with van der Waals surface area (Å²) in [5.41, 5.74) is 14.8. The van der Waals surface area contributed by atoms with Gasteiger partial charge in [-0.15, -0.1) is 48.1 Å². The average molecular weight is 1040 g/mol. The molecule has 0 saturated carbocycles. The standard InChI is InChI=1S/C59H61N4O.Pt/c1-38-36-60-54(35-46(38)39-30-40(56(2,3)4)32-41(31-39)57(5,6)7)63-52-27-19-23-48(59(11,12)13)55(52)45-29-28-44(34-53(45)63)64-43-21-18-20-42(33-43)61-37-62(51-26-17-16-25-50(51)61)49-24-15-14-22-47(49)58(8,9)10;/h14-32,35-37H,1-13H3;/q-3;. The molecule has 9 rings (SSSR count). The molecule has 65 heavy (non-hydrogen) atoms. The number of aromatic nitrogens is 2. The summed E-state index contributed by atoms with van der Waals surface area (Å²) in [5, 5.41) is 2.31. The number of fused-ring (bicyclic) bond motifs is 4. The zero-order valence-corrected chi connectivity index (χ0v) is 42.5. The molecular weight excluding hydrogens is 976 g/mol. The van der Waals surface area contributed by atoms with Gasteiger partial charge in [0, 0.05) is 61.3 Å². The third kappa shape index (κ3) is 8.65. The van der Waals surface area contributed by atoms with Crippen LogP contribution in [0, 0.1) is 25.7 Å². The van der Waals surface area contributed by atoms with Crippen molar-refractivity contribution < 1.29 is 25.8 Å². The van der Waals surface area contributed by atoms with Crippen molar-refractivity contribution in [1.29, 1.82) is 0 Å². The number of pyridine rings is 1. The minimum atomic E-state index is -0.0958. The molecule has 8 aromatic rings. The first-order valence-corrected chi connectivity index (χ1v) is 22.6. The molecule has 0 unspecified atom stereocenters. The summed E-state index contributed by atoms with van der Waals surface area (Å²) in [4.78, 5) is 9.65. The molecule has 0 fully saturated rings. The second-order valence-corrected chi connectivity index (χ2v) is 21.6. The summed E-state index contributed by atoms with van der Waals surface area (Å²) in [7, 11) is 0. The molecule has 0 spiro atoms. The second-order valence-electron chi connectivity index (χ2n) is 21.6. The topological polar surface area (TPSA) is 33.5 Å². The van der Waals surface area contributed by atoms with Crippen LogP contribution in [0.25, 0.3) is 38.8 Å². The first-order valence-electron chi connectivity index (χ1n) is 22.6. The van der Waals surface area contributed by atoms with Gasteiger partial charge >= 0.3 is 0 Å². The van der Waals surface area contributed by atoms with Crippen LogP contribution in [0.1, 0.15) is 111 Å². The molecule has 0 N–H and O–H groups in total. The molecule has 336 valence electrons. The van der Waals surface area contributed by atoms with Gasteiger partial charge in [0.2, 0.25) is 0 Å². The smallest absolute Gasteiger partial charge is 0.136 e. The Morgan fingerprint density at radius 2 is 1.14 bits per heavy atom. The Balaban J connectivity index is 0.00000576. The molecule has 0 amide bonds. The van der Waals surface area contributed by atoms with Crippen molar-refractivity contribution in [3.05, 3.63) is 174 Å². The van der Waals surface area contributed by atoms with Crippen LogP contribution in [0.3, 0.4) is 0 Å². The van der Waals surface area contributed by atoms with E-state index in [2.05, 4.69) is 226 Å². The Labute approximate surface area is 401 Å². The Hall–Kier alpha value is -5.64. The fraction of sp³-hybridized carbons (Fsp3) is 0.288. The van der Waals surface area contributed by atoms with Gasteiger partial charge < -0.3 is 19.1 Å². The molecule has 1 aliphatic rings. The SMILES string of the molecule is Cc1cnc(-n2c3[c-]c(Oc4[c-]c(N5[CH-]N(c6ccccc6C(C)(C)C)c6ccccc65)ccc4)ccc3c3c(C(C)(C)C)cccc32)cc1-c1cc(C(C)(C)C)cc(C(C)(C)C)c1.[Pt]. The summed E-state index contributed by atoms with van der Waals surface area (Å²) in [6.07, 6.45) is 2.02. The molecular formula is C59H61N4OPt-3. The number of hydrogen-bond acceptors (Lipinski definition) is 4. The predicted octanol–water partition coefficient (Wildman–Crippen LogP) is 16.1. The molecule has 0 saturated heterocycles. The van der Waals surface area contributed by atoms with E-state index in [0.717, 1.165) is 50.6 Å². The number of nitrogens with zero attached hydrogens (tertiary/aromatic N) is 4. The minimum absolute atomic E-state index is 0. The summed E-state index contributed by atoms with van der Waals surface area (Å²) in [6, 6.07) is 50.9. The molecule has 3 heterocycles. The van der Waals surface area contributed by atoms with E-state index < -0.39 is 0 Å². The summed E-state index contributed by atoms with van der Waals surface area (Å²) in [5.74, 6) is 2.05. The Kier molecular flexibility index (Phi) is 11.8. The van der Waals surface area contributed by atoms with Crippen LogP contribution in [0.15, 0.2) is 128 Å². The molecule has 6 heteroatoms. The summed E-state index contributed by atoms with van der Waals surface area (Å²) >= 11 is 0. The van der Waals surface area contributed by atoms with Crippen LogP contribution in [-0.2, 0) is 42.7 Å². The van der Waals surface area contributed by atoms with Gasteiger partial charge in [-0.2, -0.15) is 12.1 Å². The molecule has 0 aliphatic carbocycles. The molecule has 0 atom stereocenters. The summed E-state index contributed by atoms with van der Waals surface area (Å²) in [6.45, 7) is 31.7. The molecule has 5 nitrogen and oxygen atoms in total. The van der Waals surface area contributed by atoms with Crippen molar-refractivity contribution in [2.75, 3.05) is 9.80 Å². The van der Waals surface area contributed by atoms with Crippen LogP contribution in [0.2, 0.25) is 0 Å². The maximum Gasteiger partial charge on any atom is 0.136 e. The van der Waals surface area contributed by atoms with Gasteiger partial charge in [0.1, 0.15) is 5.82 Å². The number of anilines is 4. The average Bonchev–Trinajstić information content (AvgIpc) is 3.79. The number of benzene rings is 6. The van der Waals surface area contributed by atoms with Crippen LogP contribution in [-0.4, -0.2) is 9.55 Å². The van der Waals surface area contributed by atoms with Crippen LogP contribution in [0.4, 0.5) is 22.7 Å². The van der Waals surface area contributed by atoms with Gasteiger partial charge in [0.15, 0.2) is 0 Å². The van der Waals surface area contributed by atoms with Crippen molar-refractivity contribution in [3.8, 4) is 28.4 Å². The number of para-hydroxylation sites is 3. The first kappa shape index (κ1) is 45.9. The largest absolute Gasteiger partial charge is 0.509 e. The van der Waals surface area contributed by atoms with E-state index in [9.17, 15) is 0 Å². The van der Waals surface area contributed by atoms with Crippen molar-refractivity contribution in [2.24, 2.45) is 0 Å². The van der Waals surface area contributed by atoms with Crippen molar-refractivity contribution in [2.45, 2.75) is 112 Å². The second kappa shape index (κ2) is 16.7. The monoisotopic (exact) mass is 1040 g/mol. The summed E-state index contributed by atoms with van der Waals surface area (Å²) < 4.78 is 9.01. The Morgan fingerprint density at radius 3 is 1.78 bits per heavy atom. The van der Waals surface area contributed by atoms with Crippen LogP contribution in [0.5, 0.6) is 11.5 Å². The van der Waals surface area contributed by atoms with Crippen LogP contribution >= 0.6 is 0 Å². The number of rotatable bonds is 6. The van der Waals surface area contributed by atoms with Gasteiger partial charge in [-0.05, 0) is 103 Å². The molecule has 0 bridgehead atoms. The van der Waals surface area contributed by atoms with Gasteiger partial charge in [-0.25, -0.2) is 4.98 Å². The maximum absolute atomic E-state index is 6.74. The van der Waals surface area contributed by atoms with E-state index in [0.29, 0.717) is 11.5 Å². The third-order valence-electron chi connectivity index (χ3n) is 12.6. The number of hydrogen-bond donors (Lipinski definition) is 0. The third-order valence-corrected chi connectivity index (χ3v) is 12.6. The quantitative estimate of drug-likeness (QED) is 0.155. The fourth-order valence-electron chi connectivity index (χ4n) is 9.06. The van der Waals surface area contributed by atoms with Crippen molar-refractivity contribution >= 4 is 44.6 Å². The van der Waals surface area contributed by atoms with E-state index in [-0.39, 0.29) is 42.7 Å². The molecule has 6 aromatic carbocycles. The molecule has 0 radical (unpaired) electrons. The van der Waals surface area contributed by atoms with Gasteiger partial charge in [0.25, 0.3) is 0 Å². The van der Waals surface area contributed by atoms with Gasteiger partial charge in [-0.3, -0.25) is 0 Å². The van der Waals surface area contributed by atoms with Gasteiger partial charge in [0.05, 0.1) is 0 Å². The normalized spacial score (nSPS) is 13.4. The Bertz CT molecular complexity index is 3040. The maximum atomic E-state index is 6.74. The van der Waals surface area contributed by atoms with Gasteiger partial charge in [-0.1, -0.05) is 149 Å². The van der Waals surface area contributed by atoms with E-state index in [1.807, 2.05) is 24.4 Å². The minimum Gasteiger partial charge on any atom is -0.509 e. The van der Waals surface area contributed by atoms with Crippen molar-refractivity contribution in [1.82, 2.24) is 9.55 Å². The molecule has 1 aliphatic heterocycles. The molecule has 2 aromatic heterocycles. The van der Waals surface area contributed by atoms with E-state index >= 15 is 0 Å². The van der Waals surface area contributed by atoms with E-state index in [4.69, 9.17) is 9.72 Å². The zero-order chi connectivity index (χ0) is 45.5. The Morgan fingerprint density at radius 1 is 0.554 bits per heavy atom. The zero-order valence-electron chi connectivity index (χ0n) is 40.2. The van der Waals surface area contributed by atoms with E-state index in [1.165, 1.54) is 38.8 Å². The van der Waals surface area contributed by atoms with Crippen molar-refractivity contribution in [3.63, 3.8) is 0 Å². The first-order chi connectivity index (χ1) is 30.2. The predicted molar refractivity (Wildman–Crippen MR) is 269 cm³/mol. The number of ether oxygens (including phenoxy) is 1. The fourth-order valence-corrected chi connectivity index (χ4v) is 9.06.